The summed E-state index contributed by atoms with van der Waals surface area (Å²) >= 11 is 54.2. The summed E-state index contributed by atoms with van der Waals surface area (Å²) in [6, 6.07) is 0.536. The summed E-state index contributed by atoms with van der Waals surface area (Å²) in [6.45, 7) is 0. The van der Waals surface area contributed by atoms with E-state index in [1.54, 1.807) is 17.1 Å². The second-order valence-corrected chi connectivity index (χ2v) is 33.9. The highest BCUT2D eigenvalue weighted by Gasteiger charge is 2.33. The van der Waals surface area contributed by atoms with Crippen molar-refractivity contribution in [2.75, 3.05) is 0 Å². The summed E-state index contributed by atoms with van der Waals surface area (Å²) < 4.78 is 0. The van der Waals surface area contributed by atoms with Crippen LogP contribution in [0.25, 0.3) is 0 Å². The molecule has 1 aromatic carbocycles. The van der Waals surface area contributed by atoms with Crippen molar-refractivity contribution in [1.29, 1.82) is 0 Å². The van der Waals surface area contributed by atoms with Gasteiger partial charge in [-0.15, -0.1) is 99.7 Å². The van der Waals surface area contributed by atoms with E-state index in [0.29, 0.717) is 0 Å². The Morgan fingerprint density at radius 3 is 1.08 bits per heavy atom. The van der Waals surface area contributed by atoms with E-state index in [2.05, 4.69) is 0 Å². The molecule has 0 atom stereocenters. The summed E-state index contributed by atoms with van der Waals surface area (Å²) in [4.78, 5) is 0. The Kier molecular flexibility index (Phi) is 10.1. The number of hydrogen-bond acceptors (Lipinski definition) is 0. The Morgan fingerprint density at radius 1 is 0.480 bits per heavy atom. The molecule has 0 saturated carbocycles. The molecule has 0 N–H and O–H groups in total. The van der Waals surface area contributed by atoms with Crippen molar-refractivity contribution in [2.24, 2.45) is 0 Å². The summed E-state index contributed by atoms with van der Waals surface area (Å²) in [5, 5.41) is 0.980. The van der Waals surface area contributed by atoms with Gasteiger partial charge in [0.15, 0.2) is 8.07 Å². The van der Waals surface area contributed by atoms with Crippen LogP contribution in [0.5, 0.6) is 0 Å². The molecule has 25 heavy (non-hydrogen) atoms. The Bertz CT molecular complexity index is 581. The largest absolute Gasteiger partial charge is 0.365 e. The molecule has 0 amide bonds. The van der Waals surface area contributed by atoms with Crippen LogP contribution in [0.2, 0.25) is 0 Å². The van der Waals surface area contributed by atoms with Gasteiger partial charge in [0.1, 0.15) is 0 Å². The minimum absolute atomic E-state index is 0.980. The molecule has 0 fully saturated rings. The molecule has 0 radical (unpaired) electrons. The fraction of sp³-hybridized carbons (Fsp3) is 0. The van der Waals surface area contributed by atoms with E-state index in [1.165, 1.54) is 0 Å². The van der Waals surface area contributed by atoms with Gasteiger partial charge in [-0.1, -0.05) is 64.5 Å². The van der Waals surface area contributed by atoms with Gasteiger partial charge in [0.2, 0.25) is 0 Å². The number of rotatable bonds is 7. The van der Waals surface area contributed by atoms with Crippen LogP contribution in [0, 0.1) is 0 Å². The summed E-state index contributed by atoms with van der Waals surface area (Å²) in [5.41, 5.74) is 10.4. The summed E-state index contributed by atoms with van der Waals surface area (Å²) in [7, 11) is -2.70. The Hall–Kier alpha value is 1.92. The summed E-state index contributed by atoms with van der Waals surface area (Å²) in [6.07, 6.45) is 0. The van der Waals surface area contributed by atoms with Crippen LogP contribution in [0.4, 0.5) is 0 Å². The molecule has 0 aromatic heterocycles. The third-order valence-corrected chi connectivity index (χ3v) is 12.4. The van der Waals surface area contributed by atoms with E-state index in [4.69, 9.17) is 99.7 Å². The number of benzene rings is 1. The topological polar surface area (TPSA) is 0 Å². The molecule has 0 aliphatic rings. The van der Waals surface area contributed by atoms with Crippen molar-refractivity contribution in [3.05, 3.63) is 64.5 Å². The number of halogens is 9. The Balaban J connectivity index is 3.60. The monoisotopic (exact) mass is 582 g/mol. The molecule has 0 heterocycles. The van der Waals surface area contributed by atoms with Crippen LogP contribution in [-0.2, 0) is 0 Å². The lowest BCUT2D eigenvalue weighted by Crippen LogP contribution is -2.44. The highest BCUT2D eigenvalue weighted by Crippen LogP contribution is 2.27. The van der Waals surface area contributed by atoms with Crippen molar-refractivity contribution in [1.82, 2.24) is 0 Å². The van der Waals surface area contributed by atoms with Crippen molar-refractivity contribution >= 4 is 131 Å². The molecule has 0 bridgehead atoms. The smallest absolute Gasteiger partial charge is 0.121 e. The molecule has 0 aliphatic carbocycles. The first-order chi connectivity index (χ1) is 11.2. The lowest BCUT2D eigenvalue weighted by Gasteiger charge is -2.23. The van der Waals surface area contributed by atoms with Crippen LogP contribution < -0.4 is 5.19 Å². The Labute approximate surface area is 193 Å². The van der Waals surface area contributed by atoms with E-state index in [1.807, 2.05) is 47.4 Å². The van der Waals surface area contributed by atoms with Crippen molar-refractivity contribution < 1.29 is 0 Å². The first kappa shape index (κ1) is 25.0. The number of hydrogen-bond donors (Lipinski definition) is 0. The van der Waals surface area contributed by atoms with E-state index < -0.39 is 26.1 Å². The van der Waals surface area contributed by atoms with Crippen LogP contribution in [-0.4, -0.2) is 26.1 Å². The van der Waals surface area contributed by atoms with Gasteiger partial charge in [-0.2, -0.15) is 0 Å². The molecule has 0 aliphatic heterocycles. The third-order valence-electron chi connectivity index (χ3n) is 2.92. The van der Waals surface area contributed by atoms with Gasteiger partial charge in [0.25, 0.3) is 0 Å². The maximum absolute atomic E-state index is 6.02. The van der Waals surface area contributed by atoms with E-state index in [9.17, 15) is 0 Å². The maximum atomic E-state index is 6.02. The van der Waals surface area contributed by atoms with Gasteiger partial charge in [-0.05, 0) is 5.19 Å². The highest BCUT2D eigenvalue weighted by atomic mass is 35.9. The normalized spacial score (nSPS) is 14.9. The zero-order valence-corrected chi connectivity index (χ0v) is 23.1. The second-order valence-electron chi connectivity index (χ2n) is 4.92. The van der Waals surface area contributed by atoms with E-state index in [0.717, 1.165) is 5.19 Å². The fourth-order valence-electron chi connectivity index (χ4n) is 1.88. The van der Waals surface area contributed by atoms with Gasteiger partial charge in [-0.3, -0.25) is 0 Å². The molecule has 13 heteroatoms. The van der Waals surface area contributed by atoms with Crippen LogP contribution in [0.1, 0.15) is 0 Å². The van der Waals surface area contributed by atoms with E-state index in [-0.39, 0.29) is 0 Å². The molecule has 0 spiro atoms. The molecular weight excluding hydrogens is 576 g/mol. The van der Waals surface area contributed by atoms with Crippen molar-refractivity contribution in [3.63, 3.8) is 0 Å². The maximum Gasteiger partial charge on any atom is 0.365 e. The Morgan fingerprint density at radius 2 is 0.800 bits per heavy atom. The molecule has 0 unspecified atom stereocenters. The molecule has 1 rings (SSSR count). The van der Waals surface area contributed by atoms with Gasteiger partial charge < -0.3 is 0 Å². The SMILES string of the molecule is Cl[Si](Cl)(Cl)/C=C/[Si](/C=C/[Si](Cl)(Cl)Cl)(/C=C/[Si](Cl)(Cl)Cl)c1ccccc1. The van der Waals surface area contributed by atoms with Crippen molar-refractivity contribution in [3.8, 4) is 0 Å². The first-order valence-electron chi connectivity index (χ1n) is 6.59. The van der Waals surface area contributed by atoms with Crippen LogP contribution in [0.15, 0.2) is 64.5 Å². The molecule has 1 aromatic rings. The lowest BCUT2D eigenvalue weighted by molar-refractivity contribution is 1.74. The van der Waals surface area contributed by atoms with Crippen LogP contribution in [0.3, 0.4) is 0 Å². The second kappa shape index (κ2) is 10.1. The van der Waals surface area contributed by atoms with Gasteiger partial charge in [-0.25, -0.2) is 0 Å². The summed E-state index contributed by atoms with van der Waals surface area (Å²) in [5.74, 6) is 0. The average Bonchev–Trinajstić information content (AvgIpc) is 2.45. The zero-order valence-electron chi connectivity index (χ0n) is 12.3. The fourth-order valence-corrected chi connectivity index (χ4v) is 14.2. The highest BCUT2D eigenvalue weighted by molar-refractivity contribution is 7.68. The molecule has 138 valence electrons. The predicted molar refractivity (Wildman–Crippen MR) is 129 cm³/mol. The minimum Gasteiger partial charge on any atom is -0.121 e. The standard InChI is InChI=1S/C12H11Cl9Si4/c13-23(14,15)9-6-22(7-10-24(16,17)18,8-11-25(19,20)21)12-4-2-1-3-5-12/h1-11H/b9-6+,10-7+,11-8+. The molecule has 0 nitrogen and oxygen atoms in total. The average molecular weight is 587 g/mol. The van der Waals surface area contributed by atoms with Crippen molar-refractivity contribution in [2.45, 2.75) is 0 Å². The van der Waals surface area contributed by atoms with Gasteiger partial charge in [0, 0.05) is 0 Å². The first-order valence-corrected chi connectivity index (χ1v) is 24.2. The minimum atomic E-state index is -3.02. The zero-order chi connectivity index (χ0) is 19.4. The quantitative estimate of drug-likeness (QED) is 0.234. The third kappa shape index (κ3) is 10.9. The molecular formula is C12H11Cl9Si4. The lowest BCUT2D eigenvalue weighted by atomic mass is 10.4. The van der Waals surface area contributed by atoms with Gasteiger partial charge in [0.05, 0.1) is 0 Å². The molecule has 0 saturated heterocycles. The predicted octanol–water partition coefficient (Wildman–Crippen LogP) is 7.21. The van der Waals surface area contributed by atoms with E-state index >= 15 is 0 Å². The van der Waals surface area contributed by atoms with Gasteiger partial charge >= 0.3 is 18.0 Å². The van der Waals surface area contributed by atoms with Crippen LogP contribution >= 0.6 is 99.7 Å².